The van der Waals surface area contributed by atoms with Gasteiger partial charge in [0.1, 0.15) is 12.1 Å². The Labute approximate surface area is 201 Å². The molecule has 3 N–H and O–H groups in total. The van der Waals surface area contributed by atoms with E-state index in [9.17, 15) is 9.59 Å². The van der Waals surface area contributed by atoms with Gasteiger partial charge in [-0.15, -0.1) is 0 Å². The third kappa shape index (κ3) is 7.25. The minimum absolute atomic E-state index is 0.0203. The van der Waals surface area contributed by atoms with E-state index in [0.717, 1.165) is 48.9 Å². The number of aromatic nitrogens is 2. The first kappa shape index (κ1) is 25.1. The van der Waals surface area contributed by atoms with E-state index in [0.29, 0.717) is 30.2 Å². The summed E-state index contributed by atoms with van der Waals surface area (Å²) in [5.41, 5.74) is 2.97. The molecule has 0 aliphatic heterocycles. The molecule has 8 heteroatoms. The Kier molecular flexibility index (Phi) is 9.34. The number of carbonyl (C=O) groups excluding carboxylic acids is 2. The number of fused-ring (bicyclic) bond motifs is 1. The second-order valence-corrected chi connectivity index (χ2v) is 8.28. The highest BCUT2D eigenvalue weighted by molar-refractivity contribution is 5.97. The van der Waals surface area contributed by atoms with E-state index in [-0.39, 0.29) is 11.8 Å². The van der Waals surface area contributed by atoms with E-state index < -0.39 is 0 Å². The van der Waals surface area contributed by atoms with Crippen molar-refractivity contribution in [2.75, 3.05) is 35.6 Å². The van der Waals surface area contributed by atoms with Crippen LogP contribution in [0.3, 0.4) is 0 Å². The van der Waals surface area contributed by atoms with Gasteiger partial charge in [0.2, 0.25) is 11.8 Å². The fourth-order valence-corrected chi connectivity index (χ4v) is 3.80. The summed E-state index contributed by atoms with van der Waals surface area (Å²) in [6, 6.07) is 13.1. The van der Waals surface area contributed by atoms with Crippen molar-refractivity contribution >= 4 is 45.6 Å². The van der Waals surface area contributed by atoms with Gasteiger partial charge in [0.05, 0.1) is 12.1 Å². The second-order valence-electron chi connectivity index (χ2n) is 8.28. The summed E-state index contributed by atoms with van der Waals surface area (Å²) in [4.78, 5) is 35.5. The molecule has 0 unspecified atom stereocenters. The lowest BCUT2D eigenvalue weighted by molar-refractivity contribution is -0.117. The Balaban J connectivity index is 1.74. The maximum atomic E-state index is 12.6. The molecule has 8 nitrogen and oxygen atoms in total. The molecule has 0 bridgehead atoms. The van der Waals surface area contributed by atoms with Crippen molar-refractivity contribution in [2.45, 2.75) is 46.5 Å². The molecule has 0 aliphatic carbocycles. The van der Waals surface area contributed by atoms with Gasteiger partial charge in [-0.05, 0) is 68.8 Å². The summed E-state index contributed by atoms with van der Waals surface area (Å²) in [7, 11) is 0. The number of hydrogen-bond donors (Lipinski definition) is 3. The topological polar surface area (TPSA) is 99.2 Å². The summed E-state index contributed by atoms with van der Waals surface area (Å²) < 4.78 is 0. The maximum Gasteiger partial charge on any atom is 0.238 e. The molecule has 1 aromatic heterocycles. The van der Waals surface area contributed by atoms with Gasteiger partial charge >= 0.3 is 0 Å². The average Bonchev–Trinajstić information content (AvgIpc) is 2.80. The van der Waals surface area contributed by atoms with Crippen LogP contribution in [-0.2, 0) is 9.59 Å². The molecule has 0 fully saturated rings. The molecule has 2 amide bonds. The molecule has 0 radical (unpaired) electrons. The highest BCUT2D eigenvalue weighted by Gasteiger charge is 2.11. The van der Waals surface area contributed by atoms with Crippen molar-refractivity contribution in [2.24, 2.45) is 0 Å². The molecule has 1 heterocycles. The number of hydrogen-bond acceptors (Lipinski definition) is 6. The lowest BCUT2D eigenvalue weighted by Crippen LogP contribution is -2.34. The third-order valence-electron chi connectivity index (χ3n) is 5.25. The molecular formula is C26H34N6O2. The molecule has 0 aliphatic rings. The zero-order valence-electron chi connectivity index (χ0n) is 20.2. The number of amides is 2. The van der Waals surface area contributed by atoms with Crippen LogP contribution in [-0.4, -0.2) is 46.3 Å². The van der Waals surface area contributed by atoms with Crippen molar-refractivity contribution in [3.05, 3.63) is 48.8 Å². The number of nitrogens with one attached hydrogen (secondary N) is 3. The highest BCUT2D eigenvalue weighted by atomic mass is 16.2. The highest BCUT2D eigenvalue weighted by Crippen LogP contribution is 2.27. The average molecular weight is 463 g/mol. The summed E-state index contributed by atoms with van der Waals surface area (Å²) in [6.07, 6.45) is 4.80. The van der Waals surface area contributed by atoms with Gasteiger partial charge < -0.3 is 16.0 Å². The first-order chi connectivity index (χ1) is 16.5. The van der Waals surface area contributed by atoms with Gasteiger partial charge in [-0.25, -0.2) is 9.97 Å². The van der Waals surface area contributed by atoms with Crippen LogP contribution in [0.25, 0.3) is 10.9 Å². The van der Waals surface area contributed by atoms with E-state index in [4.69, 9.17) is 0 Å². The van der Waals surface area contributed by atoms with Crippen LogP contribution < -0.4 is 16.0 Å². The quantitative estimate of drug-likeness (QED) is 0.343. The van der Waals surface area contributed by atoms with Crippen molar-refractivity contribution in [1.29, 1.82) is 0 Å². The van der Waals surface area contributed by atoms with Gasteiger partial charge in [0, 0.05) is 28.9 Å². The molecule has 0 spiro atoms. The molecule has 3 rings (SSSR count). The smallest absolute Gasteiger partial charge is 0.238 e. The standard InChI is InChI=1S/C26H34N6O2/c1-4-8-24(33)29-21-11-12-23-22(16-21)26(28-18-27-23)31-20-10-7-9-19(15-20)30-25(34)17-32(13-5-2)14-6-3/h7,9-12,15-16,18H,4-6,8,13-14,17H2,1-3H3,(H,29,33)(H,30,34)(H,27,28,31). The van der Waals surface area contributed by atoms with E-state index in [2.05, 4.69) is 44.7 Å². The summed E-state index contributed by atoms with van der Waals surface area (Å²) in [6.45, 7) is 8.40. The number of nitrogens with zero attached hydrogens (tertiary/aromatic N) is 3. The van der Waals surface area contributed by atoms with Crippen molar-refractivity contribution in [3.63, 3.8) is 0 Å². The minimum Gasteiger partial charge on any atom is -0.340 e. The van der Waals surface area contributed by atoms with Crippen LogP contribution in [0.4, 0.5) is 22.9 Å². The van der Waals surface area contributed by atoms with Crippen molar-refractivity contribution in [3.8, 4) is 0 Å². The Morgan fingerprint density at radius 1 is 0.824 bits per heavy atom. The van der Waals surface area contributed by atoms with Gasteiger partial charge in [0.25, 0.3) is 0 Å². The zero-order chi connectivity index (χ0) is 24.3. The van der Waals surface area contributed by atoms with Crippen LogP contribution in [0, 0.1) is 0 Å². The monoisotopic (exact) mass is 462 g/mol. The van der Waals surface area contributed by atoms with Crippen LogP contribution in [0.5, 0.6) is 0 Å². The number of rotatable bonds is 12. The predicted octanol–water partition coefficient (Wildman–Crippen LogP) is 5.17. The molecule has 0 saturated carbocycles. The lowest BCUT2D eigenvalue weighted by atomic mass is 10.2. The Morgan fingerprint density at radius 2 is 1.53 bits per heavy atom. The Morgan fingerprint density at radius 3 is 2.26 bits per heavy atom. The maximum absolute atomic E-state index is 12.6. The van der Waals surface area contributed by atoms with Gasteiger partial charge in [-0.2, -0.15) is 0 Å². The van der Waals surface area contributed by atoms with Gasteiger partial charge in [-0.1, -0.05) is 26.8 Å². The zero-order valence-corrected chi connectivity index (χ0v) is 20.2. The van der Waals surface area contributed by atoms with Crippen LogP contribution in [0.15, 0.2) is 48.8 Å². The van der Waals surface area contributed by atoms with Crippen LogP contribution in [0.1, 0.15) is 46.5 Å². The predicted molar refractivity (Wildman–Crippen MR) is 138 cm³/mol. The molecule has 34 heavy (non-hydrogen) atoms. The van der Waals surface area contributed by atoms with Crippen LogP contribution >= 0.6 is 0 Å². The first-order valence-corrected chi connectivity index (χ1v) is 12.0. The minimum atomic E-state index is -0.0287. The lowest BCUT2D eigenvalue weighted by Gasteiger charge is -2.20. The Hall–Kier alpha value is -3.52. The van der Waals surface area contributed by atoms with E-state index in [1.165, 1.54) is 6.33 Å². The van der Waals surface area contributed by atoms with E-state index in [1.807, 2.05) is 49.4 Å². The van der Waals surface area contributed by atoms with Gasteiger partial charge in [0.15, 0.2) is 0 Å². The largest absolute Gasteiger partial charge is 0.340 e. The molecule has 180 valence electrons. The molecular weight excluding hydrogens is 428 g/mol. The summed E-state index contributed by atoms with van der Waals surface area (Å²) in [5, 5.41) is 10.0. The molecule has 0 saturated heterocycles. The summed E-state index contributed by atoms with van der Waals surface area (Å²) >= 11 is 0. The fourth-order valence-electron chi connectivity index (χ4n) is 3.80. The number of benzene rings is 2. The molecule has 0 atom stereocenters. The third-order valence-corrected chi connectivity index (χ3v) is 5.25. The molecule has 3 aromatic rings. The molecule has 2 aromatic carbocycles. The second kappa shape index (κ2) is 12.6. The SMILES string of the molecule is CCCC(=O)Nc1ccc2ncnc(Nc3cccc(NC(=O)CN(CCC)CCC)c3)c2c1. The normalized spacial score (nSPS) is 10.9. The first-order valence-electron chi connectivity index (χ1n) is 12.0. The van der Waals surface area contributed by atoms with Gasteiger partial charge in [-0.3, -0.25) is 14.5 Å². The van der Waals surface area contributed by atoms with Crippen LogP contribution in [0.2, 0.25) is 0 Å². The fraction of sp³-hybridized carbons (Fsp3) is 0.385. The van der Waals surface area contributed by atoms with E-state index in [1.54, 1.807) is 0 Å². The van der Waals surface area contributed by atoms with Crippen molar-refractivity contribution < 1.29 is 9.59 Å². The number of anilines is 4. The van der Waals surface area contributed by atoms with E-state index >= 15 is 0 Å². The number of carbonyl (C=O) groups is 2. The Bertz CT molecular complexity index is 1110. The van der Waals surface area contributed by atoms with Crippen molar-refractivity contribution in [1.82, 2.24) is 14.9 Å². The summed E-state index contributed by atoms with van der Waals surface area (Å²) in [5.74, 6) is 0.573.